The van der Waals surface area contributed by atoms with Gasteiger partial charge in [-0.2, -0.15) is 0 Å². The fraction of sp³-hybridized carbons (Fsp3) is 0.222. The van der Waals surface area contributed by atoms with Crippen molar-refractivity contribution in [3.8, 4) is 0 Å². The van der Waals surface area contributed by atoms with E-state index in [1.165, 1.54) is 4.90 Å². The molecule has 0 aliphatic carbocycles. The first-order valence-electron chi connectivity index (χ1n) is 7.83. The van der Waals surface area contributed by atoms with Crippen molar-refractivity contribution in [2.24, 2.45) is 5.73 Å². The Morgan fingerprint density at radius 1 is 1.12 bits per heavy atom. The van der Waals surface area contributed by atoms with E-state index in [2.05, 4.69) is 5.32 Å². The molecule has 0 saturated heterocycles. The number of carbonyl (C=O) groups excluding carboxylic acids is 2. The van der Waals surface area contributed by atoms with Crippen LogP contribution in [-0.2, 0) is 19.5 Å². The number of nitrogens with zero attached hydrogens (tertiary/aromatic N) is 1. The number of nitrogens with two attached hydrogens (primary N) is 1. The molecule has 25 heavy (non-hydrogen) atoms. The van der Waals surface area contributed by atoms with Crippen LogP contribution in [0.1, 0.15) is 27.0 Å². The molecule has 0 saturated carbocycles. The van der Waals surface area contributed by atoms with Gasteiger partial charge in [0.2, 0.25) is 5.91 Å². The fourth-order valence-corrected chi connectivity index (χ4v) is 2.89. The van der Waals surface area contributed by atoms with E-state index in [1.807, 2.05) is 0 Å². The lowest BCUT2D eigenvalue weighted by Crippen LogP contribution is -2.43. The highest BCUT2D eigenvalue weighted by atomic mass is 19.1. The topological polar surface area (TPSA) is 75.4 Å². The summed E-state index contributed by atoms with van der Waals surface area (Å²) in [5, 5.41) is 2.72. The standard InChI is InChI=1S/C18H17F2N3O2/c19-15-4-5-16(20)14-10-23(7-6-13(14)15)18(25)22-9-11-2-1-3-12(8-11)17(21)24/h1-5,8H,6-7,9-10H2,(H2,21,24)(H,22,25). The predicted molar refractivity (Wildman–Crippen MR) is 87.7 cm³/mol. The Bertz CT molecular complexity index is 839. The van der Waals surface area contributed by atoms with Gasteiger partial charge in [-0.25, -0.2) is 13.6 Å². The normalized spacial score (nSPS) is 13.3. The third-order valence-electron chi connectivity index (χ3n) is 4.24. The minimum atomic E-state index is -0.543. The number of hydrogen-bond donors (Lipinski definition) is 2. The number of rotatable bonds is 3. The molecule has 2 aromatic rings. The van der Waals surface area contributed by atoms with Crippen LogP contribution >= 0.6 is 0 Å². The average Bonchev–Trinajstić information content (AvgIpc) is 2.62. The second-order valence-corrected chi connectivity index (χ2v) is 5.88. The zero-order valence-electron chi connectivity index (χ0n) is 13.4. The molecular weight excluding hydrogens is 328 g/mol. The van der Waals surface area contributed by atoms with Crippen molar-refractivity contribution in [1.29, 1.82) is 0 Å². The van der Waals surface area contributed by atoms with Crippen LogP contribution in [0.3, 0.4) is 0 Å². The highest BCUT2D eigenvalue weighted by Gasteiger charge is 2.25. The van der Waals surface area contributed by atoms with Crippen molar-refractivity contribution >= 4 is 11.9 Å². The van der Waals surface area contributed by atoms with Gasteiger partial charge >= 0.3 is 6.03 Å². The van der Waals surface area contributed by atoms with Crippen molar-refractivity contribution < 1.29 is 18.4 Å². The van der Waals surface area contributed by atoms with Gasteiger partial charge in [-0.3, -0.25) is 4.79 Å². The van der Waals surface area contributed by atoms with Crippen LogP contribution in [0.25, 0.3) is 0 Å². The number of benzene rings is 2. The van der Waals surface area contributed by atoms with Crippen molar-refractivity contribution in [2.45, 2.75) is 19.5 Å². The molecule has 0 aromatic heterocycles. The number of urea groups is 1. The molecule has 0 radical (unpaired) electrons. The van der Waals surface area contributed by atoms with Crippen molar-refractivity contribution in [1.82, 2.24) is 10.2 Å². The summed E-state index contributed by atoms with van der Waals surface area (Å²) in [6, 6.07) is 8.43. The SMILES string of the molecule is NC(=O)c1cccc(CNC(=O)N2CCc3c(F)ccc(F)c3C2)c1. The summed E-state index contributed by atoms with van der Waals surface area (Å²) in [5.74, 6) is -1.50. The molecule has 0 spiro atoms. The lowest BCUT2D eigenvalue weighted by Gasteiger charge is -2.29. The Hall–Kier alpha value is -2.96. The summed E-state index contributed by atoms with van der Waals surface area (Å²) >= 11 is 0. The molecule has 3 N–H and O–H groups in total. The quantitative estimate of drug-likeness (QED) is 0.896. The van der Waals surface area contributed by atoms with Gasteiger partial charge in [0.15, 0.2) is 0 Å². The van der Waals surface area contributed by atoms with Crippen LogP contribution in [0.2, 0.25) is 0 Å². The van der Waals surface area contributed by atoms with Crippen LogP contribution < -0.4 is 11.1 Å². The monoisotopic (exact) mass is 345 g/mol. The van der Waals surface area contributed by atoms with E-state index in [-0.39, 0.29) is 31.1 Å². The molecule has 130 valence electrons. The Labute approximate surface area is 143 Å². The van der Waals surface area contributed by atoms with E-state index < -0.39 is 17.5 Å². The number of carbonyl (C=O) groups is 2. The van der Waals surface area contributed by atoms with Crippen LogP contribution in [0, 0.1) is 11.6 Å². The molecule has 3 rings (SSSR count). The highest BCUT2D eigenvalue weighted by Crippen LogP contribution is 2.24. The zero-order chi connectivity index (χ0) is 18.0. The van der Waals surface area contributed by atoms with Gasteiger partial charge in [-0.15, -0.1) is 0 Å². The summed E-state index contributed by atoms with van der Waals surface area (Å²) in [7, 11) is 0. The van der Waals surface area contributed by atoms with Crippen molar-refractivity contribution in [2.75, 3.05) is 6.54 Å². The molecule has 0 fully saturated rings. The Morgan fingerprint density at radius 3 is 2.56 bits per heavy atom. The second-order valence-electron chi connectivity index (χ2n) is 5.88. The van der Waals surface area contributed by atoms with Gasteiger partial charge in [0.05, 0.1) is 6.54 Å². The number of fused-ring (bicyclic) bond motifs is 1. The minimum Gasteiger partial charge on any atom is -0.366 e. The molecule has 3 amide bonds. The van der Waals surface area contributed by atoms with Gasteiger partial charge in [-0.1, -0.05) is 12.1 Å². The van der Waals surface area contributed by atoms with E-state index in [0.29, 0.717) is 17.7 Å². The van der Waals surface area contributed by atoms with E-state index in [0.717, 1.165) is 17.7 Å². The number of primary amides is 1. The summed E-state index contributed by atoms with van der Waals surface area (Å²) in [6.07, 6.45) is 0.267. The molecule has 0 bridgehead atoms. The lowest BCUT2D eigenvalue weighted by atomic mass is 9.99. The van der Waals surface area contributed by atoms with Crippen LogP contribution in [0.5, 0.6) is 0 Å². The van der Waals surface area contributed by atoms with Gasteiger partial charge in [0.1, 0.15) is 11.6 Å². The molecule has 2 aromatic carbocycles. The van der Waals surface area contributed by atoms with Gasteiger partial charge in [0, 0.05) is 24.2 Å². The minimum absolute atomic E-state index is 0.0199. The van der Waals surface area contributed by atoms with E-state index in [9.17, 15) is 18.4 Å². The maximum absolute atomic E-state index is 13.9. The zero-order valence-corrected chi connectivity index (χ0v) is 13.4. The summed E-state index contributed by atoms with van der Waals surface area (Å²) in [5.41, 5.74) is 6.86. The lowest BCUT2D eigenvalue weighted by molar-refractivity contribution is 0.1000. The highest BCUT2D eigenvalue weighted by molar-refractivity contribution is 5.92. The van der Waals surface area contributed by atoms with E-state index >= 15 is 0 Å². The van der Waals surface area contributed by atoms with Gasteiger partial charge in [-0.05, 0) is 41.8 Å². The molecule has 7 heteroatoms. The molecule has 1 aliphatic heterocycles. The summed E-state index contributed by atoms with van der Waals surface area (Å²) in [4.78, 5) is 24.9. The molecule has 0 atom stereocenters. The number of halogens is 2. The first-order valence-corrected chi connectivity index (χ1v) is 7.83. The van der Waals surface area contributed by atoms with E-state index in [1.54, 1.807) is 24.3 Å². The van der Waals surface area contributed by atoms with Gasteiger partial charge in [0.25, 0.3) is 0 Å². The smallest absolute Gasteiger partial charge is 0.317 e. The summed E-state index contributed by atoms with van der Waals surface area (Å²) < 4.78 is 27.6. The van der Waals surface area contributed by atoms with Gasteiger partial charge < -0.3 is 16.0 Å². The summed E-state index contributed by atoms with van der Waals surface area (Å²) in [6.45, 7) is 0.529. The Balaban J connectivity index is 1.66. The van der Waals surface area contributed by atoms with E-state index in [4.69, 9.17) is 5.73 Å². The first kappa shape index (κ1) is 16.9. The van der Waals surface area contributed by atoms with Crippen LogP contribution in [-0.4, -0.2) is 23.4 Å². The van der Waals surface area contributed by atoms with Crippen molar-refractivity contribution in [3.63, 3.8) is 0 Å². The second kappa shape index (κ2) is 6.88. The third kappa shape index (κ3) is 3.60. The first-order chi connectivity index (χ1) is 12.0. The third-order valence-corrected chi connectivity index (χ3v) is 4.24. The maximum Gasteiger partial charge on any atom is 0.317 e. The molecule has 5 nitrogen and oxygen atoms in total. The molecule has 1 aliphatic rings. The number of amides is 3. The number of nitrogens with one attached hydrogen (secondary N) is 1. The van der Waals surface area contributed by atoms with Crippen LogP contribution in [0.4, 0.5) is 13.6 Å². The number of hydrogen-bond acceptors (Lipinski definition) is 2. The Kier molecular flexibility index (Phi) is 4.65. The molecule has 0 unspecified atom stereocenters. The predicted octanol–water partition coefficient (Wildman–Crippen LogP) is 2.33. The van der Waals surface area contributed by atoms with Crippen molar-refractivity contribution in [3.05, 3.63) is 70.3 Å². The molecule has 1 heterocycles. The maximum atomic E-state index is 13.9. The average molecular weight is 345 g/mol. The molecular formula is C18H17F2N3O2. The fourth-order valence-electron chi connectivity index (χ4n) is 2.89. The van der Waals surface area contributed by atoms with Crippen LogP contribution in [0.15, 0.2) is 36.4 Å². The Morgan fingerprint density at radius 2 is 1.84 bits per heavy atom. The largest absolute Gasteiger partial charge is 0.366 e.